The maximum absolute atomic E-state index is 4.96. The second kappa shape index (κ2) is 4.75. The van der Waals surface area contributed by atoms with Gasteiger partial charge in [-0.05, 0) is 47.9 Å². The molecule has 0 N–H and O–H groups in total. The minimum absolute atomic E-state index is 0.944. The molecule has 24 heavy (non-hydrogen) atoms. The van der Waals surface area contributed by atoms with Crippen LogP contribution in [0.25, 0.3) is 43.6 Å². The molecular weight excluding hydrogens is 292 g/mol. The standard InChI is InChI=1S/C22H16N2/c1-13-7-5-9-15-19(13)20-14(2)8-6-10-16(20)22-21(15)23-17-11-3-4-12-18(17)24-22/h3-12H,1-2H3. The van der Waals surface area contributed by atoms with Crippen LogP contribution < -0.4 is 0 Å². The average molecular weight is 308 g/mol. The van der Waals surface area contributed by atoms with Crippen molar-refractivity contribution in [1.82, 2.24) is 9.97 Å². The molecule has 0 unspecified atom stereocenters. The number of nitrogens with zero attached hydrogens (tertiary/aromatic N) is 2. The summed E-state index contributed by atoms with van der Waals surface area (Å²) in [6.07, 6.45) is 0. The number of para-hydroxylation sites is 2. The molecule has 0 saturated carbocycles. The first kappa shape index (κ1) is 13.4. The van der Waals surface area contributed by atoms with Gasteiger partial charge in [-0.2, -0.15) is 0 Å². The fourth-order valence-corrected chi connectivity index (χ4v) is 3.77. The molecule has 0 aliphatic heterocycles. The minimum atomic E-state index is 0.944. The average Bonchev–Trinajstić information content (AvgIpc) is 2.61. The van der Waals surface area contributed by atoms with Gasteiger partial charge in [-0.3, -0.25) is 0 Å². The molecule has 0 atom stereocenters. The molecule has 4 aromatic carbocycles. The van der Waals surface area contributed by atoms with Crippen molar-refractivity contribution in [3.63, 3.8) is 0 Å². The summed E-state index contributed by atoms with van der Waals surface area (Å²) in [7, 11) is 0. The van der Waals surface area contributed by atoms with Gasteiger partial charge in [0.1, 0.15) is 0 Å². The van der Waals surface area contributed by atoms with E-state index in [0.717, 1.165) is 22.1 Å². The highest BCUT2D eigenvalue weighted by Crippen LogP contribution is 2.37. The molecule has 2 heteroatoms. The zero-order chi connectivity index (χ0) is 16.3. The van der Waals surface area contributed by atoms with Crippen LogP contribution in [0.1, 0.15) is 11.1 Å². The first-order valence-corrected chi connectivity index (χ1v) is 8.21. The van der Waals surface area contributed by atoms with Gasteiger partial charge in [0.2, 0.25) is 0 Å². The topological polar surface area (TPSA) is 25.8 Å². The van der Waals surface area contributed by atoms with E-state index in [-0.39, 0.29) is 0 Å². The lowest BCUT2D eigenvalue weighted by atomic mass is 9.93. The van der Waals surface area contributed by atoms with Gasteiger partial charge >= 0.3 is 0 Å². The van der Waals surface area contributed by atoms with Crippen molar-refractivity contribution in [2.75, 3.05) is 0 Å². The third-order valence-electron chi connectivity index (χ3n) is 4.88. The van der Waals surface area contributed by atoms with Crippen molar-refractivity contribution in [2.45, 2.75) is 13.8 Å². The fourth-order valence-electron chi connectivity index (χ4n) is 3.77. The van der Waals surface area contributed by atoms with Crippen LogP contribution in [0.15, 0.2) is 60.7 Å². The molecular formula is C22H16N2. The largest absolute Gasteiger partial charge is 0.244 e. The van der Waals surface area contributed by atoms with Crippen molar-refractivity contribution < 1.29 is 0 Å². The summed E-state index contributed by atoms with van der Waals surface area (Å²) in [5, 5.41) is 4.96. The zero-order valence-corrected chi connectivity index (χ0v) is 13.7. The molecule has 5 rings (SSSR count). The highest BCUT2D eigenvalue weighted by atomic mass is 14.8. The van der Waals surface area contributed by atoms with E-state index >= 15 is 0 Å². The number of hydrogen-bond donors (Lipinski definition) is 0. The van der Waals surface area contributed by atoms with E-state index in [9.17, 15) is 0 Å². The molecule has 0 amide bonds. The van der Waals surface area contributed by atoms with Crippen LogP contribution in [0.4, 0.5) is 0 Å². The summed E-state index contributed by atoms with van der Waals surface area (Å²) in [5.41, 5.74) is 6.43. The number of hydrogen-bond acceptors (Lipinski definition) is 2. The Hall–Kier alpha value is -3.00. The smallest absolute Gasteiger partial charge is 0.0979 e. The first-order valence-electron chi connectivity index (χ1n) is 8.21. The van der Waals surface area contributed by atoms with E-state index in [0.29, 0.717) is 0 Å². The third-order valence-corrected chi connectivity index (χ3v) is 4.88. The predicted molar refractivity (Wildman–Crippen MR) is 102 cm³/mol. The van der Waals surface area contributed by atoms with Gasteiger partial charge in [0.25, 0.3) is 0 Å². The number of aryl methyl sites for hydroxylation is 2. The van der Waals surface area contributed by atoms with Crippen molar-refractivity contribution in [3.8, 4) is 0 Å². The Balaban J connectivity index is 2.20. The maximum Gasteiger partial charge on any atom is 0.0979 e. The van der Waals surface area contributed by atoms with Crippen LogP contribution in [0.3, 0.4) is 0 Å². The normalized spacial score (nSPS) is 11.8. The summed E-state index contributed by atoms with van der Waals surface area (Å²) in [6, 6.07) is 21.0. The molecule has 1 heterocycles. The molecule has 0 saturated heterocycles. The predicted octanol–water partition coefficient (Wildman–Crippen LogP) is 5.71. The summed E-state index contributed by atoms with van der Waals surface area (Å²) in [6.45, 7) is 4.35. The molecule has 0 spiro atoms. The van der Waals surface area contributed by atoms with Crippen LogP contribution in [0.5, 0.6) is 0 Å². The highest BCUT2D eigenvalue weighted by molar-refractivity contribution is 6.25. The van der Waals surface area contributed by atoms with Gasteiger partial charge in [0.15, 0.2) is 0 Å². The molecule has 2 nitrogen and oxygen atoms in total. The summed E-state index contributed by atoms with van der Waals surface area (Å²) in [4.78, 5) is 9.93. The van der Waals surface area contributed by atoms with Gasteiger partial charge < -0.3 is 0 Å². The van der Waals surface area contributed by atoms with Gasteiger partial charge in [0.05, 0.1) is 22.1 Å². The monoisotopic (exact) mass is 308 g/mol. The summed E-state index contributed by atoms with van der Waals surface area (Å²) in [5.74, 6) is 0. The Labute approximate surface area is 139 Å². The molecule has 0 bridgehead atoms. The van der Waals surface area contributed by atoms with Crippen molar-refractivity contribution >= 4 is 43.6 Å². The lowest BCUT2D eigenvalue weighted by molar-refractivity contribution is 1.41. The second-order valence-corrected chi connectivity index (χ2v) is 6.40. The van der Waals surface area contributed by atoms with Crippen LogP contribution in [0, 0.1) is 13.8 Å². The van der Waals surface area contributed by atoms with Crippen LogP contribution in [0.2, 0.25) is 0 Å². The molecule has 0 radical (unpaired) electrons. The Morgan fingerprint density at radius 1 is 0.542 bits per heavy atom. The maximum atomic E-state index is 4.96. The minimum Gasteiger partial charge on any atom is -0.244 e. The lowest BCUT2D eigenvalue weighted by Crippen LogP contribution is -1.93. The highest BCUT2D eigenvalue weighted by Gasteiger charge is 2.14. The van der Waals surface area contributed by atoms with Gasteiger partial charge in [-0.25, -0.2) is 9.97 Å². The van der Waals surface area contributed by atoms with Crippen LogP contribution >= 0.6 is 0 Å². The van der Waals surface area contributed by atoms with E-state index in [1.54, 1.807) is 0 Å². The number of benzene rings is 4. The van der Waals surface area contributed by atoms with E-state index in [4.69, 9.17) is 9.97 Å². The van der Waals surface area contributed by atoms with Crippen molar-refractivity contribution in [3.05, 3.63) is 71.8 Å². The second-order valence-electron chi connectivity index (χ2n) is 6.40. The first-order chi connectivity index (χ1) is 11.7. The Bertz CT molecular complexity index is 1170. The molecule has 114 valence electrons. The molecule has 0 aliphatic rings. The van der Waals surface area contributed by atoms with E-state index in [2.05, 4.69) is 50.2 Å². The van der Waals surface area contributed by atoms with E-state index in [1.807, 2.05) is 24.3 Å². The Morgan fingerprint density at radius 3 is 1.46 bits per heavy atom. The van der Waals surface area contributed by atoms with E-state index < -0.39 is 0 Å². The quantitative estimate of drug-likeness (QED) is 0.270. The fraction of sp³-hybridized carbons (Fsp3) is 0.0909. The number of fused-ring (bicyclic) bond motifs is 7. The van der Waals surface area contributed by atoms with E-state index in [1.165, 1.54) is 32.7 Å². The van der Waals surface area contributed by atoms with Crippen molar-refractivity contribution in [1.29, 1.82) is 0 Å². The van der Waals surface area contributed by atoms with Gasteiger partial charge in [-0.1, -0.05) is 48.5 Å². The number of aromatic nitrogens is 2. The molecule has 0 aliphatic carbocycles. The van der Waals surface area contributed by atoms with Gasteiger partial charge in [-0.15, -0.1) is 0 Å². The lowest BCUT2D eigenvalue weighted by Gasteiger charge is -2.13. The van der Waals surface area contributed by atoms with Gasteiger partial charge in [0, 0.05) is 10.8 Å². The summed E-state index contributed by atoms with van der Waals surface area (Å²) >= 11 is 0. The summed E-state index contributed by atoms with van der Waals surface area (Å²) < 4.78 is 0. The molecule has 0 fully saturated rings. The SMILES string of the molecule is Cc1cccc2c3nc4ccccc4nc3c3cccc(C)c3c12. The Kier molecular flexibility index (Phi) is 2.66. The molecule has 1 aromatic heterocycles. The zero-order valence-electron chi connectivity index (χ0n) is 13.7. The third kappa shape index (κ3) is 1.71. The van der Waals surface area contributed by atoms with Crippen LogP contribution in [-0.2, 0) is 0 Å². The van der Waals surface area contributed by atoms with Crippen molar-refractivity contribution in [2.24, 2.45) is 0 Å². The van der Waals surface area contributed by atoms with Crippen LogP contribution in [-0.4, -0.2) is 9.97 Å². The number of rotatable bonds is 0. The molecule has 5 aromatic rings. The Morgan fingerprint density at radius 2 is 1.00 bits per heavy atom.